The van der Waals surface area contributed by atoms with E-state index in [4.69, 9.17) is 12.2 Å². The molecule has 0 aromatic carbocycles. The Hall–Kier alpha value is -0.810. The van der Waals surface area contributed by atoms with E-state index in [0.29, 0.717) is 4.32 Å². The molecule has 0 aromatic rings. The van der Waals surface area contributed by atoms with E-state index in [9.17, 15) is 4.79 Å². The summed E-state index contributed by atoms with van der Waals surface area (Å²) in [4.78, 5) is 16.5. The Morgan fingerprint density at radius 2 is 2.18 bits per heavy atom. The quantitative estimate of drug-likeness (QED) is 0.538. The molecule has 0 saturated carbocycles. The zero-order valence-electron chi connectivity index (χ0n) is 10.3. The average Bonchev–Trinajstić information content (AvgIpc) is 2.79. The van der Waals surface area contributed by atoms with Gasteiger partial charge in [0.2, 0.25) is 0 Å². The van der Waals surface area contributed by atoms with Crippen LogP contribution in [0.1, 0.15) is 19.8 Å². The maximum Gasteiger partial charge on any atom is 0.266 e. The molecular formula is C12H16N2OS2. The van der Waals surface area contributed by atoms with E-state index < -0.39 is 0 Å². The molecular weight excluding hydrogens is 252 g/mol. The predicted molar refractivity (Wildman–Crippen MR) is 75.6 cm³/mol. The minimum absolute atomic E-state index is 0.0231. The third kappa shape index (κ3) is 2.40. The second-order valence-electron chi connectivity index (χ2n) is 4.41. The number of likely N-dealkylation sites (N-methyl/N-ethyl adjacent to an activating group) is 1. The van der Waals surface area contributed by atoms with Crippen molar-refractivity contribution in [3.05, 3.63) is 22.3 Å². The number of hydrogen-bond acceptors (Lipinski definition) is 4. The van der Waals surface area contributed by atoms with E-state index in [2.05, 4.69) is 18.0 Å². The smallest absolute Gasteiger partial charge is 0.266 e. The third-order valence-corrected chi connectivity index (χ3v) is 4.79. The molecule has 2 saturated heterocycles. The summed E-state index contributed by atoms with van der Waals surface area (Å²) in [6, 6.07) is 0. The maximum absolute atomic E-state index is 11.9. The van der Waals surface area contributed by atoms with Crippen LogP contribution in [0.15, 0.2) is 22.3 Å². The van der Waals surface area contributed by atoms with Gasteiger partial charge in [-0.3, -0.25) is 9.69 Å². The number of thiocarbonyl (C=S) groups is 1. The molecule has 2 aliphatic rings. The molecule has 3 nitrogen and oxygen atoms in total. The fraction of sp³-hybridized carbons (Fsp3) is 0.500. The Kier molecular flexibility index (Phi) is 3.58. The molecule has 2 heterocycles. The van der Waals surface area contributed by atoms with Crippen LogP contribution in [0.25, 0.3) is 0 Å². The minimum atomic E-state index is 0.0231. The second kappa shape index (κ2) is 4.82. The number of carbonyl (C=O) groups excluding carboxylic acids is 1. The zero-order valence-corrected chi connectivity index (χ0v) is 12.0. The number of likely N-dealkylation sites (tertiary alicyclic amines) is 1. The Morgan fingerprint density at radius 1 is 1.47 bits per heavy atom. The average molecular weight is 268 g/mol. The van der Waals surface area contributed by atoms with Crippen LogP contribution >= 0.6 is 24.0 Å². The van der Waals surface area contributed by atoms with Crippen molar-refractivity contribution in [3.8, 4) is 0 Å². The molecule has 1 amide bonds. The maximum atomic E-state index is 11.9. The summed E-state index contributed by atoms with van der Waals surface area (Å²) in [5, 5.41) is 0. The van der Waals surface area contributed by atoms with E-state index in [0.717, 1.165) is 23.4 Å². The first-order valence-electron chi connectivity index (χ1n) is 5.63. The van der Waals surface area contributed by atoms with Gasteiger partial charge in [-0.15, -0.1) is 0 Å². The summed E-state index contributed by atoms with van der Waals surface area (Å²) in [6.07, 6.45) is 4.42. The van der Waals surface area contributed by atoms with Gasteiger partial charge >= 0.3 is 0 Å². The van der Waals surface area contributed by atoms with Crippen molar-refractivity contribution in [2.45, 2.75) is 19.8 Å². The van der Waals surface area contributed by atoms with Gasteiger partial charge < -0.3 is 4.90 Å². The van der Waals surface area contributed by atoms with Gasteiger partial charge in [0, 0.05) is 26.3 Å². The van der Waals surface area contributed by atoms with Gasteiger partial charge in [0.1, 0.15) is 4.32 Å². The molecule has 92 valence electrons. The highest BCUT2D eigenvalue weighted by Gasteiger charge is 2.30. The largest absolute Gasteiger partial charge is 0.378 e. The van der Waals surface area contributed by atoms with E-state index in [1.807, 2.05) is 6.92 Å². The first-order valence-corrected chi connectivity index (χ1v) is 6.85. The summed E-state index contributed by atoms with van der Waals surface area (Å²) in [5.41, 5.74) is 2.33. The van der Waals surface area contributed by atoms with Gasteiger partial charge in [-0.1, -0.05) is 24.0 Å². The lowest BCUT2D eigenvalue weighted by molar-refractivity contribution is -0.121. The predicted octanol–water partition coefficient (Wildman–Crippen LogP) is 2.36. The lowest BCUT2D eigenvalue weighted by Gasteiger charge is -2.12. The van der Waals surface area contributed by atoms with Gasteiger partial charge in [-0.05, 0) is 31.4 Å². The summed E-state index contributed by atoms with van der Waals surface area (Å²) >= 11 is 6.52. The Balaban J connectivity index is 2.27. The van der Waals surface area contributed by atoms with Gasteiger partial charge in [-0.25, -0.2) is 0 Å². The van der Waals surface area contributed by atoms with Gasteiger partial charge in [-0.2, -0.15) is 0 Å². The molecule has 0 spiro atoms. The normalized spacial score (nSPS) is 26.4. The third-order valence-electron chi connectivity index (χ3n) is 3.12. The molecule has 0 atom stereocenters. The van der Waals surface area contributed by atoms with E-state index in [1.165, 1.54) is 28.8 Å². The summed E-state index contributed by atoms with van der Waals surface area (Å²) in [5.74, 6) is 0.0231. The number of amides is 1. The molecule has 0 aromatic heterocycles. The van der Waals surface area contributed by atoms with Crippen LogP contribution in [0.2, 0.25) is 0 Å². The highest BCUT2D eigenvalue weighted by molar-refractivity contribution is 8.26. The standard InChI is InChI=1S/C12H16N2OS2/c1-8(7-9-5-4-6-13(9)2)10-11(15)14(3)12(16)17-10/h7H,4-6H2,1-3H3/b9-7+,10-8-. The number of carbonyl (C=O) groups is 1. The highest BCUT2D eigenvalue weighted by Crippen LogP contribution is 2.33. The topological polar surface area (TPSA) is 23.6 Å². The molecule has 2 aliphatic heterocycles. The fourth-order valence-electron chi connectivity index (χ4n) is 2.01. The van der Waals surface area contributed by atoms with Crippen molar-refractivity contribution in [1.29, 1.82) is 0 Å². The van der Waals surface area contributed by atoms with Gasteiger partial charge in [0.05, 0.1) is 4.91 Å². The van der Waals surface area contributed by atoms with Gasteiger partial charge in [0.25, 0.3) is 5.91 Å². The van der Waals surface area contributed by atoms with Crippen LogP contribution in [-0.4, -0.2) is 40.7 Å². The number of nitrogens with zero attached hydrogens (tertiary/aromatic N) is 2. The van der Waals surface area contributed by atoms with E-state index >= 15 is 0 Å². The van der Waals surface area contributed by atoms with Crippen molar-refractivity contribution in [2.24, 2.45) is 0 Å². The summed E-state index contributed by atoms with van der Waals surface area (Å²) < 4.78 is 0.641. The van der Waals surface area contributed by atoms with Crippen molar-refractivity contribution < 1.29 is 4.79 Å². The van der Waals surface area contributed by atoms with Crippen molar-refractivity contribution in [2.75, 3.05) is 20.6 Å². The number of rotatable bonds is 1. The SMILES string of the molecule is CC(/C=C1\CCCN1C)=C1/SC(=S)N(C)C1=O. The van der Waals surface area contributed by atoms with Crippen LogP contribution in [0.3, 0.4) is 0 Å². The fourth-order valence-corrected chi connectivity index (χ4v) is 3.18. The van der Waals surface area contributed by atoms with Gasteiger partial charge in [0.15, 0.2) is 0 Å². The number of allylic oxidation sites excluding steroid dienone is 3. The van der Waals surface area contributed by atoms with Crippen molar-refractivity contribution in [3.63, 3.8) is 0 Å². The van der Waals surface area contributed by atoms with Crippen LogP contribution in [0.4, 0.5) is 0 Å². The van der Waals surface area contributed by atoms with Crippen LogP contribution in [-0.2, 0) is 4.79 Å². The summed E-state index contributed by atoms with van der Waals surface area (Å²) in [7, 11) is 3.82. The summed E-state index contributed by atoms with van der Waals surface area (Å²) in [6.45, 7) is 3.09. The first kappa shape index (κ1) is 12.6. The lowest BCUT2D eigenvalue weighted by atomic mass is 10.2. The lowest BCUT2D eigenvalue weighted by Crippen LogP contribution is -2.22. The highest BCUT2D eigenvalue weighted by atomic mass is 32.2. The van der Waals surface area contributed by atoms with E-state index in [-0.39, 0.29) is 5.91 Å². The second-order valence-corrected chi connectivity index (χ2v) is 6.05. The molecule has 0 aliphatic carbocycles. The minimum Gasteiger partial charge on any atom is -0.378 e. The Morgan fingerprint density at radius 3 is 2.65 bits per heavy atom. The first-order chi connectivity index (χ1) is 8.00. The number of thioether (sulfide) groups is 1. The molecule has 17 heavy (non-hydrogen) atoms. The Bertz CT molecular complexity index is 440. The van der Waals surface area contributed by atoms with E-state index in [1.54, 1.807) is 7.05 Å². The molecule has 0 bridgehead atoms. The molecule has 2 rings (SSSR count). The van der Waals surface area contributed by atoms with Crippen LogP contribution in [0, 0.1) is 0 Å². The van der Waals surface area contributed by atoms with Crippen LogP contribution in [0.5, 0.6) is 0 Å². The van der Waals surface area contributed by atoms with Crippen molar-refractivity contribution in [1.82, 2.24) is 9.80 Å². The molecule has 0 radical (unpaired) electrons. The Labute approximate surface area is 112 Å². The number of hydrogen-bond donors (Lipinski definition) is 0. The zero-order chi connectivity index (χ0) is 12.6. The van der Waals surface area contributed by atoms with Crippen LogP contribution < -0.4 is 0 Å². The molecule has 2 fully saturated rings. The molecule has 5 heteroatoms. The molecule has 0 N–H and O–H groups in total. The molecule has 0 unspecified atom stereocenters. The monoisotopic (exact) mass is 268 g/mol. The van der Waals surface area contributed by atoms with Crippen molar-refractivity contribution >= 4 is 34.2 Å².